The number of carboxylic acid groups (broad SMARTS) is 1. The Bertz CT molecular complexity index is 670. The van der Waals surface area contributed by atoms with Crippen molar-refractivity contribution in [2.24, 2.45) is 0 Å². The highest BCUT2D eigenvalue weighted by molar-refractivity contribution is 5.95. The minimum absolute atomic E-state index is 0.344. The second-order valence-corrected chi connectivity index (χ2v) is 4.70. The average molecular weight is 270 g/mol. The lowest BCUT2D eigenvalue weighted by Gasteiger charge is -2.10. The molecule has 0 heterocycles. The van der Waals surface area contributed by atoms with Gasteiger partial charge in [-0.2, -0.15) is 0 Å². The van der Waals surface area contributed by atoms with Crippen LogP contribution >= 0.6 is 0 Å². The van der Waals surface area contributed by atoms with Gasteiger partial charge in [-0.25, -0.2) is 9.18 Å². The zero-order valence-electron chi connectivity index (χ0n) is 11.4. The molecule has 2 aromatic carbocycles. The maximum Gasteiger partial charge on any atom is 0.328 e. The van der Waals surface area contributed by atoms with Crippen molar-refractivity contribution in [3.05, 3.63) is 76.6 Å². The molecule has 20 heavy (non-hydrogen) atoms. The van der Waals surface area contributed by atoms with Gasteiger partial charge in [0.1, 0.15) is 5.82 Å². The van der Waals surface area contributed by atoms with Gasteiger partial charge < -0.3 is 5.11 Å². The second-order valence-electron chi connectivity index (χ2n) is 4.70. The summed E-state index contributed by atoms with van der Waals surface area (Å²) in [5, 5.41) is 9.03. The molecular weight excluding hydrogens is 255 g/mol. The fraction of sp³-hybridized carbons (Fsp3) is 0.118. The van der Waals surface area contributed by atoms with Gasteiger partial charge in [-0.15, -0.1) is 0 Å². The Labute approximate surface area is 117 Å². The number of aliphatic carboxylic acids is 1. The number of carboxylic acids is 1. The Kier molecular flexibility index (Phi) is 3.99. The molecule has 0 aliphatic carbocycles. The molecule has 0 saturated carbocycles. The summed E-state index contributed by atoms with van der Waals surface area (Å²) in [4.78, 5) is 11.0. The molecule has 3 heteroatoms. The van der Waals surface area contributed by atoms with Gasteiger partial charge >= 0.3 is 5.97 Å². The number of hydrogen-bond acceptors (Lipinski definition) is 1. The Hall–Kier alpha value is -2.42. The van der Waals surface area contributed by atoms with Crippen molar-refractivity contribution in [1.29, 1.82) is 0 Å². The van der Waals surface area contributed by atoms with E-state index in [1.54, 1.807) is 12.1 Å². The van der Waals surface area contributed by atoms with E-state index < -0.39 is 5.97 Å². The van der Waals surface area contributed by atoms with Crippen LogP contribution in [-0.4, -0.2) is 11.1 Å². The largest absolute Gasteiger partial charge is 0.478 e. The van der Waals surface area contributed by atoms with Gasteiger partial charge in [0.25, 0.3) is 0 Å². The molecule has 0 saturated heterocycles. The summed E-state index contributed by atoms with van der Waals surface area (Å²) in [5.74, 6) is -1.37. The van der Waals surface area contributed by atoms with E-state index in [9.17, 15) is 9.18 Å². The van der Waals surface area contributed by atoms with Crippen LogP contribution in [0.25, 0.3) is 5.57 Å². The van der Waals surface area contributed by atoms with Gasteiger partial charge in [0.15, 0.2) is 0 Å². The first-order valence-electron chi connectivity index (χ1n) is 6.25. The molecule has 0 unspecified atom stereocenters. The molecule has 2 aromatic rings. The zero-order valence-corrected chi connectivity index (χ0v) is 11.4. The fourth-order valence-corrected chi connectivity index (χ4v) is 2.00. The van der Waals surface area contributed by atoms with Gasteiger partial charge in [0.2, 0.25) is 0 Å². The highest BCUT2D eigenvalue weighted by atomic mass is 19.1. The fourth-order valence-electron chi connectivity index (χ4n) is 2.00. The van der Waals surface area contributed by atoms with Crippen molar-refractivity contribution < 1.29 is 14.3 Å². The van der Waals surface area contributed by atoms with Gasteiger partial charge in [0, 0.05) is 6.08 Å². The maximum atomic E-state index is 13.0. The molecule has 0 bridgehead atoms. The van der Waals surface area contributed by atoms with Crippen molar-refractivity contribution in [3.63, 3.8) is 0 Å². The van der Waals surface area contributed by atoms with E-state index >= 15 is 0 Å². The molecule has 1 N–H and O–H groups in total. The molecule has 0 spiro atoms. The monoisotopic (exact) mass is 270 g/mol. The van der Waals surface area contributed by atoms with Crippen LogP contribution in [0, 0.1) is 19.7 Å². The van der Waals surface area contributed by atoms with E-state index in [4.69, 9.17) is 5.11 Å². The molecule has 0 aliphatic heterocycles. The summed E-state index contributed by atoms with van der Waals surface area (Å²) in [7, 11) is 0. The number of halogens is 1. The third kappa shape index (κ3) is 3.12. The van der Waals surface area contributed by atoms with E-state index in [1.807, 2.05) is 32.0 Å². The predicted molar refractivity (Wildman–Crippen MR) is 77.0 cm³/mol. The lowest BCUT2D eigenvalue weighted by molar-refractivity contribution is -0.131. The minimum Gasteiger partial charge on any atom is -0.478 e. The summed E-state index contributed by atoms with van der Waals surface area (Å²) in [5.41, 5.74) is 4.28. The predicted octanol–water partition coefficient (Wildman–Crippen LogP) is 3.96. The first kappa shape index (κ1) is 14.0. The normalized spacial score (nSPS) is 11.4. The van der Waals surface area contributed by atoms with Gasteiger partial charge in [0.05, 0.1) is 0 Å². The van der Waals surface area contributed by atoms with Crippen LogP contribution in [0.3, 0.4) is 0 Å². The molecule has 2 nitrogen and oxygen atoms in total. The lowest BCUT2D eigenvalue weighted by atomic mass is 9.95. The van der Waals surface area contributed by atoms with E-state index in [2.05, 4.69) is 0 Å². The van der Waals surface area contributed by atoms with Crippen LogP contribution in [0.1, 0.15) is 22.3 Å². The van der Waals surface area contributed by atoms with Crippen molar-refractivity contribution in [1.82, 2.24) is 0 Å². The van der Waals surface area contributed by atoms with Crippen LogP contribution in [0.2, 0.25) is 0 Å². The molecule has 0 radical (unpaired) electrons. The number of rotatable bonds is 3. The van der Waals surface area contributed by atoms with Crippen LogP contribution in [0.15, 0.2) is 48.5 Å². The van der Waals surface area contributed by atoms with E-state index in [-0.39, 0.29) is 5.82 Å². The smallest absolute Gasteiger partial charge is 0.328 e. The molecule has 102 valence electrons. The zero-order chi connectivity index (χ0) is 14.7. The SMILES string of the molecule is Cc1ccc(/C(=C\C(=O)O)c2ccc(F)cc2)cc1C. The highest BCUT2D eigenvalue weighted by Crippen LogP contribution is 2.25. The quantitative estimate of drug-likeness (QED) is 0.857. The number of benzene rings is 2. The van der Waals surface area contributed by atoms with Crippen LogP contribution in [0.5, 0.6) is 0 Å². The summed E-state index contributed by atoms with van der Waals surface area (Å²) < 4.78 is 13.0. The molecule has 0 aromatic heterocycles. The molecule has 0 aliphatic rings. The highest BCUT2D eigenvalue weighted by Gasteiger charge is 2.08. The molecule has 0 atom stereocenters. The van der Waals surface area contributed by atoms with E-state index in [0.29, 0.717) is 11.1 Å². The molecule has 0 fully saturated rings. The van der Waals surface area contributed by atoms with Gasteiger partial charge in [-0.1, -0.05) is 30.3 Å². The van der Waals surface area contributed by atoms with E-state index in [0.717, 1.165) is 22.8 Å². The topological polar surface area (TPSA) is 37.3 Å². The Balaban J connectivity index is 2.56. The van der Waals surface area contributed by atoms with Gasteiger partial charge in [-0.3, -0.25) is 0 Å². The van der Waals surface area contributed by atoms with Crippen LogP contribution < -0.4 is 0 Å². The number of aryl methyl sites for hydroxylation is 2. The summed E-state index contributed by atoms with van der Waals surface area (Å²) in [6.07, 6.45) is 1.15. The first-order chi connectivity index (χ1) is 9.47. The van der Waals surface area contributed by atoms with Crippen molar-refractivity contribution >= 4 is 11.5 Å². The summed E-state index contributed by atoms with van der Waals surface area (Å²) in [6.45, 7) is 3.97. The van der Waals surface area contributed by atoms with Gasteiger partial charge in [-0.05, 0) is 53.8 Å². The van der Waals surface area contributed by atoms with Crippen LogP contribution in [0.4, 0.5) is 4.39 Å². The molecule has 0 amide bonds. The maximum absolute atomic E-state index is 13.0. The second kappa shape index (κ2) is 5.70. The Morgan fingerprint density at radius 1 is 1.00 bits per heavy atom. The Morgan fingerprint density at radius 3 is 2.15 bits per heavy atom. The standard InChI is InChI=1S/C17H15FO2/c1-11-3-4-14(9-12(11)2)16(10-17(19)20)13-5-7-15(18)8-6-13/h3-10H,1-2H3,(H,19,20)/b16-10-. The van der Waals surface area contributed by atoms with Crippen molar-refractivity contribution in [2.45, 2.75) is 13.8 Å². The first-order valence-corrected chi connectivity index (χ1v) is 6.25. The Morgan fingerprint density at radius 2 is 1.60 bits per heavy atom. The van der Waals surface area contributed by atoms with Crippen LogP contribution in [-0.2, 0) is 4.79 Å². The third-order valence-corrected chi connectivity index (χ3v) is 3.24. The van der Waals surface area contributed by atoms with Crippen molar-refractivity contribution in [2.75, 3.05) is 0 Å². The summed E-state index contributed by atoms with van der Waals surface area (Å²) >= 11 is 0. The van der Waals surface area contributed by atoms with Crippen molar-refractivity contribution in [3.8, 4) is 0 Å². The molecular formula is C17H15FO2. The average Bonchev–Trinajstić information content (AvgIpc) is 2.40. The molecule has 2 rings (SSSR count). The number of carbonyl (C=O) groups is 1. The minimum atomic E-state index is -1.03. The number of hydrogen-bond donors (Lipinski definition) is 1. The lowest BCUT2D eigenvalue weighted by Crippen LogP contribution is -1.96. The van der Waals surface area contributed by atoms with E-state index in [1.165, 1.54) is 12.1 Å². The third-order valence-electron chi connectivity index (χ3n) is 3.24. The summed E-state index contributed by atoms with van der Waals surface area (Å²) in [6, 6.07) is 11.6.